The minimum atomic E-state index is -0.584. The highest BCUT2D eigenvalue weighted by molar-refractivity contribution is 8.00. The van der Waals surface area contributed by atoms with Gasteiger partial charge >= 0.3 is 5.97 Å². The van der Waals surface area contributed by atoms with E-state index in [1.165, 1.54) is 28.7 Å². The van der Waals surface area contributed by atoms with Crippen molar-refractivity contribution in [2.45, 2.75) is 36.6 Å². The second-order valence-electron chi connectivity index (χ2n) is 11.2. The van der Waals surface area contributed by atoms with Crippen LogP contribution in [0, 0.1) is 0 Å². The molecule has 0 saturated heterocycles. The van der Waals surface area contributed by atoms with E-state index in [-0.39, 0.29) is 12.5 Å². The summed E-state index contributed by atoms with van der Waals surface area (Å²) in [7, 11) is 0. The van der Waals surface area contributed by atoms with E-state index in [0.29, 0.717) is 28.6 Å². The molecule has 1 aromatic heterocycles. The molecule has 244 valence electrons. The number of amides is 1. The van der Waals surface area contributed by atoms with Crippen molar-refractivity contribution in [3.05, 3.63) is 142 Å². The van der Waals surface area contributed by atoms with E-state index >= 15 is 0 Å². The van der Waals surface area contributed by atoms with Gasteiger partial charge in [0.1, 0.15) is 10.3 Å². The Bertz CT molecular complexity index is 1870. The Hall–Kier alpha value is -4.48. The highest BCUT2D eigenvalue weighted by Gasteiger charge is 2.31. The molecular formula is C38H36N4O3S3. The summed E-state index contributed by atoms with van der Waals surface area (Å²) in [5.74, 6) is -0.610. The van der Waals surface area contributed by atoms with Crippen molar-refractivity contribution in [2.24, 2.45) is 0 Å². The molecule has 1 aliphatic rings. The normalized spacial score (nSPS) is 13.2. The summed E-state index contributed by atoms with van der Waals surface area (Å²) in [5.41, 5.74) is 5.24. The number of fused-ring (bicyclic) bond motifs is 1. The number of rotatable bonds is 11. The number of benzene rings is 4. The van der Waals surface area contributed by atoms with E-state index in [1.54, 1.807) is 6.92 Å². The van der Waals surface area contributed by atoms with Crippen molar-refractivity contribution in [1.29, 1.82) is 0 Å². The molecule has 0 saturated carbocycles. The number of thiophene rings is 1. The highest BCUT2D eigenvalue weighted by Crippen LogP contribution is 2.41. The van der Waals surface area contributed by atoms with Gasteiger partial charge in [0.05, 0.1) is 12.2 Å². The first-order valence-electron chi connectivity index (χ1n) is 15.8. The maximum Gasteiger partial charge on any atom is 0.341 e. The highest BCUT2D eigenvalue weighted by atomic mass is 32.2. The average Bonchev–Trinajstić information content (AvgIpc) is 3.45. The fourth-order valence-corrected chi connectivity index (χ4v) is 8.22. The van der Waals surface area contributed by atoms with Gasteiger partial charge in [-0.05, 0) is 72.6 Å². The Morgan fingerprint density at radius 2 is 1.54 bits per heavy atom. The summed E-state index contributed by atoms with van der Waals surface area (Å²) in [6.45, 7) is 4.40. The third-order valence-electron chi connectivity index (χ3n) is 7.82. The first kappa shape index (κ1) is 33.4. The molecule has 1 amide bonds. The molecule has 0 spiro atoms. The van der Waals surface area contributed by atoms with E-state index in [4.69, 9.17) is 17.0 Å². The number of esters is 1. The Morgan fingerprint density at radius 3 is 2.27 bits per heavy atom. The van der Waals surface area contributed by atoms with Crippen molar-refractivity contribution >= 4 is 68.7 Å². The second-order valence-corrected chi connectivity index (χ2v) is 13.9. The molecule has 1 aliphatic heterocycles. The maximum atomic E-state index is 14.2. The van der Waals surface area contributed by atoms with Crippen LogP contribution in [-0.4, -0.2) is 35.0 Å². The molecule has 2 heterocycles. The van der Waals surface area contributed by atoms with Crippen LogP contribution < -0.4 is 16.0 Å². The minimum Gasteiger partial charge on any atom is -0.462 e. The predicted octanol–water partition coefficient (Wildman–Crippen LogP) is 8.76. The van der Waals surface area contributed by atoms with Crippen molar-refractivity contribution in [1.82, 2.24) is 4.90 Å². The van der Waals surface area contributed by atoms with E-state index in [1.807, 2.05) is 103 Å². The van der Waals surface area contributed by atoms with Crippen LogP contribution in [0.4, 0.5) is 16.4 Å². The minimum absolute atomic E-state index is 0.212. The number of thioether (sulfide) groups is 1. The molecule has 6 rings (SSSR count). The number of para-hydroxylation sites is 1. The SMILES string of the molecule is CCOC(=O)c1c(NC(=O)C(Sc2cccc(NC(=S)Nc3ccccc3)c2)c2ccccc2)sc2c1CCN(Cc1ccccc1)C2. The van der Waals surface area contributed by atoms with Gasteiger partial charge in [-0.15, -0.1) is 23.1 Å². The molecule has 0 aliphatic carbocycles. The standard InChI is InChI=1S/C38H36N4O3S3/c1-2-45-37(44)33-31-21-22-42(24-26-13-6-3-7-14-26)25-32(31)48-36(33)41-35(43)34(27-15-8-4-9-16-27)47-30-20-12-19-29(23-30)40-38(46)39-28-17-10-5-11-18-28/h3-20,23,34H,2,21-22,24-25H2,1H3,(H,41,43)(H2,39,40,46). The van der Waals surface area contributed by atoms with Crippen LogP contribution in [0.5, 0.6) is 0 Å². The number of carbonyl (C=O) groups excluding carboxylic acids is 2. The largest absolute Gasteiger partial charge is 0.462 e. The van der Waals surface area contributed by atoms with E-state index < -0.39 is 11.2 Å². The van der Waals surface area contributed by atoms with Crippen molar-refractivity contribution in [3.63, 3.8) is 0 Å². The molecule has 10 heteroatoms. The molecule has 0 radical (unpaired) electrons. The van der Waals surface area contributed by atoms with Crippen molar-refractivity contribution in [2.75, 3.05) is 29.1 Å². The Kier molecular flexibility index (Phi) is 11.2. The fraction of sp³-hybridized carbons (Fsp3) is 0.184. The lowest BCUT2D eigenvalue weighted by Gasteiger charge is -2.27. The Morgan fingerprint density at radius 1 is 0.875 bits per heavy atom. The number of anilines is 3. The summed E-state index contributed by atoms with van der Waals surface area (Å²) >= 11 is 8.45. The van der Waals surface area contributed by atoms with Crippen LogP contribution in [0.25, 0.3) is 0 Å². The van der Waals surface area contributed by atoms with Crippen LogP contribution in [0.2, 0.25) is 0 Å². The molecule has 5 aromatic rings. The Balaban J connectivity index is 1.22. The molecule has 0 bridgehead atoms. The quantitative estimate of drug-likeness (QED) is 0.0721. The average molecular weight is 693 g/mol. The van der Waals surface area contributed by atoms with Gasteiger partial charge in [0, 0.05) is 40.8 Å². The topological polar surface area (TPSA) is 82.7 Å². The van der Waals surface area contributed by atoms with Crippen molar-refractivity contribution in [3.8, 4) is 0 Å². The zero-order chi connectivity index (χ0) is 33.3. The van der Waals surface area contributed by atoms with Crippen LogP contribution in [0.3, 0.4) is 0 Å². The summed E-state index contributed by atoms with van der Waals surface area (Å²) in [6, 6.07) is 37.6. The predicted molar refractivity (Wildman–Crippen MR) is 201 cm³/mol. The van der Waals surface area contributed by atoms with Gasteiger partial charge in [0.15, 0.2) is 5.11 Å². The van der Waals surface area contributed by atoms with Gasteiger partial charge in [-0.1, -0.05) is 84.9 Å². The molecule has 4 aromatic carbocycles. The van der Waals surface area contributed by atoms with E-state index in [2.05, 4.69) is 33.0 Å². The molecule has 48 heavy (non-hydrogen) atoms. The zero-order valence-electron chi connectivity index (χ0n) is 26.5. The fourth-order valence-electron chi connectivity index (χ4n) is 5.62. The summed E-state index contributed by atoms with van der Waals surface area (Å²) < 4.78 is 5.50. The molecular weight excluding hydrogens is 657 g/mol. The molecule has 3 N–H and O–H groups in total. The van der Waals surface area contributed by atoms with E-state index in [9.17, 15) is 9.59 Å². The Labute approximate surface area is 294 Å². The van der Waals surface area contributed by atoms with Crippen LogP contribution >= 0.6 is 35.3 Å². The van der Waals surface area contributed by atoms with Crippen molar-refractivity contribution < 1.29 is 14.3 Å². The first-order chi connectivity index (χ1) is 23.5. The number of nitrogens with zero attached hydrogens (tertiary/aromatic N) is 1. The number of nitrogens with one attached hydrogen (secondary N) is 3. The maximum absolute atomic E-state index is 14.2. The number of hydrogen-bond acceptors (Lipinski definition) is 7. The summed E-state index contributed by atoms with van der Waals surface area (Å²) in [6.07, 6.45) is 0.709. The molecule has 1 atom stereocenters. The number of thiocarbonyl (C=S) groups is 1. The lowest BCUT2D eigenvalue weighted by Crippen LogP contribution is -2.30. The third-order valence-corrected chi connectivity index (χ3v) is 10.4. The lowest BCUT2D eigenvalue weighted by molar-refractivity contribution is -0.115. The van der Waals surface area contributed by atoms with E-state index in [0.717, 1.165) is 45.4 Å². The van der Waals surface area contributed by atoms with Gasteiger partial charge in [0.25, 0.3) is 0 Å². The van der Waals surface area contributed by atoms with Gasteiger partial charge in [0.2, 0.25) is 5.91 Å². The smallest absolute Gasteiger partial charge is 0.341 e. The second kappa shape index (κ2) is 16.1. The number of hydrogen-bond donors (Lipinski definition) is 3. The summed E-state index contributed by atoms with van der Waals surface area (Å²) in [4.78, 5) is 31.9. The molecule has 1 unspecified atom stereocenters. The third kappa shape index (κ3) is 8.51. The lowest BCUT2D eigenvalue weighted by atomic mass is 10.0. The van der Waals surface area contributed by atoms with Crippen LogP contribution in [0.1, 0.15) is 44.1 Å². The number of ether oxygens (including phenoxy) is 1. The zero-order valence-corrected chi connectivity index (χ0v) is 28.9. The van der Waals surface area contributed by atoms with Gasteiger partial charge < -0.3 is 20.7 Å². The van der Waals surface area contributed by atoms with Gasteiger partial charge in [-0.25, -0.2) is 4.79 Å². The van der Waals surface area contributed by atoms with Gasteiger partial charge in [-0.2, -0.15) is 0 Å². The van der Waals surface area contributed by atoms with Crippen LogP contribution in [-0.2, 0) is 29.0 Å². The first-order valence-corrected chi connectivity index (χ1v) is 17.9. The van der Waals surface area contributed by atoms with Gasteiger partial charge in [-0.3, -0.25) is 9.69 Å². The monoisotopic (exact) mass is 692 g/mol. The molecule has 0 fully saturated rings. The van der Waals surface area contributed by atoms with Crippen LogP contribution in [0.15, 0.2) is 120 Å². The molecule has 7 nitrogen and oxygen atoms in total. The number of carbonyl (C=O) groups is 2. The summed E-state index contributed by atoms with van der Waals surface area (Å²) in [5, 5.41) is 10.0.